The Labute approximate surface area is 145 Å². The van der Waals surface area contributed by atoms with Crippen LogP contribution in [0.2, 0.25) is 0 Å². The van der Waals surface area contributed by atoms with Gasteiger partial charge in [0.1, 0.15) is 0 Å². The first-order valence-electron chi connectivity index (χ1n) is 7.69. The molecular weight excluding hydrogens is 340 g/mol. The number of sulfonamides is 1. The summed E-state index contributed by atoms with van der Waals surface area (Å²) >= 11 is 1.62. The van der Waals surface area contributed by atoms with Crippen LogP contribution in [0.1, 0.15) is 10.6 Å². The largest absolute Gasteiger partial charge is 0.266 e. The summed E-state index contributed by atoms with van der Waals surface area (Å²) in [5.41, 5.74) is 3.81. The summed E-state index contributed by atoms with van der Waals surface area (Å²) in [7, 11) is -3.51. The Morgan fingerprint density at radius 2 is 1.92 bits per heavy atom. The maximum Gasteiger partial charge on any atom is 0.264 e. The summed E-state index contributed by atoms with van der Waals surface area (Å²) in [6, 6.07) is 14.5. The molecule has 24 heavy (non-hydrogen) atoms. The minimum absolute atomic E-state index is 0.331. The monoisotopic (exact) mass is 356 g/mol. The van der Waals surface area contributed by atoms with Crippen molar-refractivity contribution in [2.45, 2.75) is 18.2 Å². The number of nitrogens with zero attached hydrogens (tertiary/aromatic N) is 2. The number of hydrogen-bond acceptors (Lipinski definition) is 4. The van der Waals surface area contributed by atoms with Gasteiger partial charge < -0.3 is 0 Å². The van der Waals surface area contributed by atoms with Crippen molar-refractivity contribution in [2.24, 2.45) is 0 Å². The Morgan fingerprint density at radius 1 is 1.12 bits per heavy atom. The highest BCUT2D eigenvalue weighted by Crippen LogP contribution is 2.35. The van der Waals surface area contributed by atoms with E-state index in [-0.39, 0.29) is 0 Å². The van der Waals surface area contributed by atoms with E-state index >= 15 is 0 Å². The van der Waals surface area contributed by atoms with E-state index in [0.717, 1.165) is 33.9 Å². The van der Waals surface area contributed by atoms with E-state index in [1.165, 1.54) is 4.31 Å². The molecule has 0 aliphatic carbocycles. The third-order valence-corrected chi connectivity index (χ3v) is 6.78. The lowest BCUT2D eigenvalue weighted by molar-refractivity contribution is 0.592. The normalized spacial score (nSPS) is 14.0. The Balaban J connectivity index is 1.73. The zero-order valence-corrected chi connectivity index (χ0v) is 14.8. The summed E-state index contributed by atoms with van der Waals surface area (Å²) in [6.45, 7) is 2.46. The van der Waals surface area contributed by atoms with Crippen LogP contribution in [-0.2, 0) is 16.4 Å². The first kappa shape index (κ1) is 15.4. The first-order valence-corrected chi connectivity index (χ1v) is 10.0. The average Bonchev–Trinajstić information content (AvgIpc) is 3.21. The molecular formula is C18H16N2O2S2. The van der Waals surface area contributed by atoms with E-state index in [1.54, 1.807) is 35.6 Å². The molecule has 4 nitrogen and oxygen atoms in total. The van der Waals surface area contributed by atoms with Gasteiger partial charge in [0.25, 0.3) is 10.0 Å². The van der Waals surface area contributed by atoms with E-state index in [2.05, 4.69) is 11.1 Å². The second kappa shape index (κ2) is 5.72. The smallest absolute Gasteiger partial charge is 0.264 e. The quantitative estimate of drug-likeness (QED) is 0.716. The van der Waals surface area contributed by atoms with Gasteiger partial charge in [0.15, 0.2) is 0 Å². The lowest BCUT2D eigenvalue weighted by atomic mass is 10.1. The van der Waals surface area contributed by atoms with Crippen LogP contribution in [0.3, 0.4) is 0 Å². The second-order valence-corrected chi connectivity index (χ2v) is 8.66. The molecule has 0 radical (unpaired) electrons. The molecule has 0 N–H and O–H groups in total. The summed E-state index contributed by atoms with van der Waals surface area (Å²) in [4.78, 5) is 4.84. The fraction of sp³-hybridized carbons (Fsp3) is 0.167. The van der Waals surface area contributed by atoms with Crippen LogP contribution in [0.4, 0.5) is 5.69 Å². The Morgan fingerprint density at radius 3 is 2.62 bits per heavy atom. The van der Waals surface area contributed by atoms with Crippen molar-refractivity contribution in [2.75, 3.05) is 10.8 Å². The van der Waals surface area contributed by atoms with Gasteiger partial charge in [-0.3, -0.25) is 4.31 Å². The third-order valence-electron chi connectivity index (χ3n) is 4.18. The lowest BCUT2D eigenvalue weighted by Crippen LogP contribution is -2.29. The molecule has 6 heteroatoms. The van der Waals surface area contributed by atoms with Crippen LogP contribution in [0.25, 0.3) is 11.3 Å². The minimum atomic E-state index is -3.51. The molecule has 0 atom stereocenters. The number of aryl methyl sites for hydroxylation is 1. The zero-order valence-electron chi connectivity index (χ0n) is 13.1. The summed E-state index contributed by atoms with van der Waals surface area (Å²) < 4.78 is 27.2. The molecule has 1 aliphatic heterocycles. The van der Waals surface area contributed by atoms with E-state index in [9.17, 15) is 8.42 Å². The minimum Gasteiger partial charge on any atom is -0.266 e. The van der Waals surface area contributed by atoms with Crippen LogP contribution in [0, 0.1) is 6.92 Å². The standard InChI is InChI=1S/C18H16N2O2S2/c1-13-19-17(12-23-13)14-7-8-18-15(11-14)9-10-20(18)24(21,22)16-5-3-2-4-6-16/h2-8,11-12H,9-10H2,1H3. The zero-order chi connectivity index (χ0) is 16.7. The number of benzene rings is 2. The molecule has 3 aromatic rings. The van der Waals surface area contributed by atoms with Crippen LogP contribution >= 0.6 is 11.3 Å². The Bertz CT molecular complexity index is 995. The van der Waals surface area contributed by atoms with Gasteiger partial charge in [-0.15, -0.1) is 11.3 Å². The van der Waals surface area contributed by atoms with E-state index < -0.39 is 10.0 Å². The number of aromatic nitrogens is 1. The highest BCUT2D eigenvalue weighted by atomic mass is 32.2. The van der Waals surface area contributed by atoms with Gasteiger partial charge >= 0.3 is 0 Å². The van der Waals surface area contributed by atoms with Gasteiger partial charge in [-0.05, 0) is 43.2 Å². The molecule has 0 unspecified atom stereocenters. The SMILES string of the molecule is Cc1nc(-c2ccc3c(c2)CCN3S(=O)(=O)c2ccccc2)cs1. The maximum atomic E-state index is 12.9. The predicted molar refractivity (Wildman–Crippen MR) is 97.0 cm³/mol. The molecule has 2 aromatic carbocycles. The summed E-state index contributed by atoms with van der Waals surface area (Å²) in [5.74, 6) is 0. The van der Waals surface area contributed by atoms with Crippen LogP contribution < -0.4 is 4.31 Å². The van der Waals surface area contributed by atoms with Crippen LogP contribution in [0.5, 0.6) is 0 Å². The molecule has 0 saturated heterocycles. The fourth-order valence-corrected chi connectivity index (χ4v) is 5.14. The van der Waals surface area contributed by atoms with Crippen molar-refractivity contribution in [3.05, 3.63) is 64.5 Å². The number of hydrogen-bond donors (Lipinski definition) is 0. The van der Waals surface area contributed by atoms with Crippen molar-refractivity contribution in [3.63, 3.8) is 0 Å². The summed E-state index contributed by atoms with van der Waals surface area (Å²) in [6.07, 6.45) is 0.721. The third kappa shape index (κ3) is 2.52. The van der Waals surface area contributed by atoms with Gasteiger partial charge in [-0.25, -0.2) is 13.4 Å². The first-order chi connectivity index (χ1) is 11.6. The molecule has 1 aliphatic rings. The maximum absolute atomic E-state index is 12.9. The Kier molecular flexibility index (Phi) is 3.66. The summed E-state index contributed by atoms with van der Waals surface area (Å²) in [5, 5.41) is 3.06. The molecule has 2 heterocycles. The molecule has 0 fully saturated rings. The highest BCUT2D eigenvalue weighted by Gasteiger charge is 2.30. The lowest BCUT2D eigenvalue weighted by Gasteiger charge is -2.19. The highest BCUT2D eigenvalue weighted by molar-refractivity contribution is 7.92. The van der Waals surface area contributed by atoms with Crippen LogP contribution in [0.15, 0.2) is 58.8 Å². The number of anilines is 1. The van der Waals surface area contributed by atoms with Crippen molar-refractivity contribution in [1.29, 1.82) is 0 Å². The van der Waals surface area contributed by atoms with Gasteiger partial charge in [0, 0.05) is 17.5 Å². The van der Waals surface area contributed by atoms with Gasteiger partial charge in [0.05, 0.1) is 21.3 Å². The van der Waals surface area contributed by atoms with Gasteiger partial charge in [-0.2, -0.15) is 0 Å². The topological polar surface area (TPSA) is 50.3 Å². The molecule has 1 aromatic heterocycles. The molecule has 0 amide bonds. The van der Waals surface area contributed by atoms with Gasteiger partial charge in [-0.1, -0.05) is 24.3 Å². The van der Waals surface area contributed by atoms with Crippen molar-refractivity contribution in [3.8, 4) is 11.3 Å². The van der Waals surface area contributed by atoms with Crippen molar-refractivity contribution < 1.29 is 8.42 Å². The number of thiazole rings is 1. The molecule has 0 saturated carbocycles. The van der Waals surface area contributed by atoms with Crippen LogP contribution in [-0.4, -0.2) is 19.9 Å². The predicted octanol–water partition coefficient (Wildman–Crippen LogP) is 3.87. The molecule has 122 valence electrons. The second-order valence-electron chi connectivity index (χ2n) is 5.74. The van der Waals surface area contributed by atoms with Crippen molar-refractivity contribution >= 4 is 27.0 Å². The number of fused-ring (bicyclic) bond motifs is 1. The molecule has 0 spiro atoms. The number of rotatable bonds is 3. The Hall–Kier alpha value is -2.18. The van der Waals surface area contributed by atoms with E-state index in [0.29, 0.717) is 11.4 Å². The molecule has 0 bridgehead atoms. The molecule has 4 rings (SSSR count). The average molecular weight is 356 g/mol. The van der Waals surface area contributed by atoms with Gasteiger partial charge in [0.2, 0.25) is 0 Å². The van der Waals surface area contributed by atoms with E-state index in [4.69, 9.17) is 0 Å². The van der Waals surface area contributed by atoms with Crippen molar-refractivity contribution in [1.82, 2.24) is 4.98 Å². The van der Waals surface area contributed by atoms with E-state index in [1.807, 2.05) is 30.5 Å². The fourth-order valence-electron chi connectivity index (χ4n) is 3.00.